The molecule has 0 bridgehead atoms. The van der Waals surface area contributed by atoms with E-state index in [1.807, 2.05) is 0 Å². The van der Waals surface area contributed by atoms with Gasteiger partial charge in [-0.25, -0.2) is 0 Å². The van der Waals surface area contributed by atoms with Crippen molar-refractivity contribution in [1.29, 1.82) is 0 Å². The summed E-state index contributed by atoms with van der Waals surface area (Å²) in [5.74, 6) is 0.806. The van der Waals surface area contributed by atoms with Crippen LogP contribution >= 0.6 is 0 Å². The van der Waals surface area contributed by atoms with E-state index in [1.54, 1.807) is 14.2 Å². The van der Waals surface area contributed by atoms with E-state index < -0.39 is 0 Å². The van der Waals surface area contributed by atoms with Crippen molar-refractivity contribution in [3.05, 3.63) is 0 Å². The molecule has 2 radical (unpaired) electrons. The summed E-state index contributed by atoms with van der Waals surface area (Å²) in [6.07, 6.45) is 2.32. The van der Waals surface area contributed by atoms with Gasteiger partial charge >= 0.3 is 0 Å². The smallest absolute Gasteiger partial charge is 0.0700 e. The Morgan fingerprint density at radius 1 is 1.36 bits per heavy atom. The van der Waals surface area contributed by atoms with Crippen LogP contribution in [0.25, 0.3) is 0 Å². The van der Waals surface area contributed by atoms with Gasteiger partial charge in [-0.2, -0.15) is 0 Å². The van der Waals surface area contributed by atoms with E-state index in [4.69, 9.17) is 17.3 Å². The molecule has 2 nitrogen and oxygen atoms in total. The van der Waals surface area contributed by atoms with Crippen LogP contribution < -0.4 is 0 Å². The summed E-state index contributed by atoms with van der Waals surface area (Å²) in [4.78, 5) is 0. The molecule has 1 aliphatic rings. The number of ether oxygens (including phenoxy) is 2. The normalized spacial score (nSPS) is 37.8. The largest absolute Gasteiger partial charge is 0.384 e. The molecule has 1 rings (SSSR count). The van der Waals surface area contributed by atoms with Crippen molar-refractivity contribution in [2.24, 2.45) is 5.92 Å². The Kier molecular flexibility index (Phi) is 3.40. The molecule has 0 aromatic carbocycles. The number of hydrogen-bond donors (Lipinski definition) is 0. The second-order valence-corrected chi connectivity index (χ2v) is 3.22. The van der Waals surface area contributed by atoms with E-state index in [1.165, 1.54) is 0 Å². The zero-order chi connectivity index (χ0) is 8.27. The first-order chi connectivity index (χ1) is 5.27. The molecule has 0 saturated heterocycles. The maximum absolute atomic E-state index is 5.79. The van der Waals surface area contributed by atoms with Gasteiger partial charge in [-0.1, -0.05) is 12.2 Å². The lowest BCUT2D eigenvalue weighted by molar-refractivity contribution is 0.0332. The molecule has 0 amide bonds. The SMILES string of the molecule is [B][C@H]1CC(OC)[C@@H](COC)C1. The molecule has 11 heavy (non-hydrogen) atoms. The number of hydrogen-bond acceptors (Lipinski definition) is 2. The van der Waals surface area contributed by atoms with E-state index in [0.29, 0.717) is 17.8 Å². The first kappa shape index (κ1) is 9.08. The minimum atomic E-state index is 0.306. The highest BCUT2D eigenvalue weighted by Gasteiger charge is 2.31. The topological polar surface area (TPSA) is 18.5 Å². The van der Waals surface area contributed by atoms with Crippen LogP contribution in [-0.2, 0) is 9.47 Å². The molecule has 3 heteroatoms. The van der Waals surface area contributed by atoms with Crippen LogP contribution in [-0.4, -0.2) is 34.8 Å². The monoisotopic (exact) mass is 154 g/mol. The molecule has 0 spiro atoms. The van der Waals surface area contributed by atoms with Crippen LogP contribution in [0.1, 0.15) is 12.8 Å². The summed E-state index contributed by atoms with van der Waals surface area (Å²) in [6, 6.07) is 0. The van der Waals surface area contributed by atoms with Gasteiger partial charge in [0.15, 0.2) is 0 Å². The summed E-state index contributed by atoms with van der Waals surface area (Å²) in [5.41, 5.74) is 0. The fourth-order valence-corrected chi connectivity index (χ4v) is 1.81. The standard InChI is InChI=1S/C8H15BO2/c1-10-5-6-3-7(9)4-8(6)11-2/h6-8H,3-5H2,1-2H3/t6-,7-,8?/m1/s1. The molecule has 0 aromatic heterocycles. The summed E-state index contributed by atoms with van der Waals surface area (Å²) >= 11 is 0. The molecule has 1 aliphatic carbocycles. The highest BCUT2D eigenvalue weighted by atomic mass is 16.5. The van der Waals surface area contributed by atoms with E-state index in [-0.39, 0.29) is 0 Å². The van der Waals surface area contributed by atoms with Crippen molar-refractivity contribution in [1.82, 2.24) is 0 Å². The molecular weight excluding hydrogens is 139 g/mol. The zero-order valence-corrected chi connectivity index (χ0v) is 7.25. The molecular formula is C8H15BO2. The Balaban J connectivity index is 2.37. The Bertz CT molecular complexity index is 119. The third-order valence-electron chi connectivity index (χ3n) is 2.35. The Morgan fingerprint density at radius 2 is 2.09 bits per heavy atom. The predicted molar refractivity (Wildman–Crippen MR) is 44.9 cm³/mol. The van der Waals surface area contributed by atoms with Gasteiger partial charge in [0.05, 0.1) is 20.6 Å². The van der Waals surface area contributed by atoms with E-state index in [0.717, 1.165) is 19.4 Å². The zero-order valence-electron chi connectivity index (χ0n) is 7.25. The molecule has 0 N–H and O–H groups in total. The first-order valence-corrected chi connectivity index (χ1v) is 4.05. The molecule has 0 aliphatic heterocycles. The van der Waals surface area contributed by atoms with E-state index in [2.05, 4.69) is 0 Å². The van der Waals surface area contributed by atoms with Crippen LogP contribution in [0.2, 0.25) is 5.82 Å². The van der Waals surface area contributed by atoms with Crippen LogP contribution in [0.15, 0.2) is 0 Å². The fraction of sp³-hybridized carbons (Fsp3) is 1.00. The third-order valence-corrected chi connectivity index (χ3v) is 2.35. The molecule has 1 fully saturated rings. The fourth-order valence-electron chi connectivity index (χ4n) is 1.81. The highest BCUT2D eigenvalue weighted by Crippen LogP contribution is 2.34. The third kappa shape index (κ3) is 2.21. The van der Waals surface area contributed by atoms with Crippen molar-refractivity contribution >= 4 is 7.85 Å². The summed E-state index contributed by atoms with van der Waals surface area (Å²) in [7, 11) is 9.25. The summed E-state index contributed by atoms with van der Waals surface area (Å²) in [6.45, 7) is 0.770. The van der Waals surface area contributed by atoms with E-state index in [9.17, 15) is 0 Å². The van der Waals surface area contributed by atoms with E-state index >= 15 is 0 Å². The highest BCUT2D eigenvalue weighted by molar-refractivity contribution is 6.11. The van der Waals surface area contributed by atoms with Crippen molar-refractivity contribution in [3.63, 3.8) is 0 Å². The molecule has 0 aromatic rings. The number of methoxy groups -OCH3 is 2. The van der Waals surface area contributed by atoms with Gasteiger partial charge in [0, 0.05) is 20.1 Å². The van der Waals surface area contributed by atoms with Gasteiger partial charge in [-0.3, -0.25) is 0 Å². The van der Waals surface area contributed by atoms with Gasteiger partial charge in [0.25, 0.3) is 0 Å². The van der Waals surface area contributed by atoms with Crippen LogP contribution in [0.3, 0.4) is 0 Å². The predicted octanol–water partition coefficient (Wildman–Crippen LogP) is 1.01. The Morgan fingerprint density at radius 3 is 2.64 bits per heavy atom. The molecule has 1 saturated carbocycles. The van der Waals surface area contributed by atoms with Crippen molar-refractivity contribution in [3.8, 4) is 0 Å². The maximum atomic E-state index is 5.79. The van der Waals surface area contributed by atoms with Gasteiger partial charge in [-0.15, -0.1) is 0 Å². The minimum absolute atomic E-state index is 0.306. The molecule has 3 atom stereocenters. The average molecular weight is 154 g/mol. The van der Waals surface area contributed by atoms with Gasteiger partial charge < -0.3 is 9.47 Å². The first-order valence-electron chi connectivity index (χ1n) is 4.05. The Hall–Kier alpha value is -0.0151. The van der Waals surface area contributed by atoms with Gasteiger partial charge in [0.2, 0.25) is 0 Å². The lowest BCUT2D eigenvalue weighted by Gasteiger charge is -2.16. The molecule has 1 unspecified atom stereocenters. The summed E-state index contributed by atoms with van der Waals surface area (Å²) < 4.78 is 10.4. The van der Waals surface area contributed by atoms with Crippen LogP contribution in [0, 0.1) is 5.92 Å². The van der Waals surface area contributed by atoms with Crippen LogP contribution in [0.5, 0.6) is 0 Å². The average Bonchev–Trinajstić information content (AvgIpc) is 2.32. The minimum Gasteiger partial charge on any atom is -0.384 e. The second kappa shape index (κ2) is 4.12. The lowest BCUT2D eigenvalue weighted by Crippen LogP contribution is -2.20. The van der Waals surface area contributed by atoms with Crippen molar-refractivity contribution in [2.75, 3.05) is 20.8 Å². The van der Waals surface area contributed by atoms with Crippen molar-refractivity contribution < 1.29 is 9.47 Å². The van der Waals surface area contributed by atoms with Crippen LogP contribution in [0.4, 0.5) is 0 Å². The quantitative estimate of drug-likeness (QED) is 0.565. The maximum Gasteiger partial charge on any atom is 0.0700 e. The lowest BCUT2D eigenvalue weighted by atomic mass is 9.85. The molecule has 62 valence electrons. The summed E-state index contributed by atoms with van der Waals surface area (Å²) in [5, 5.41) is 0. The number of rotatable bonds is 3. The van der Waals surface area contributed by atoms with Gasteiger partial charge in [0.1, 0.15) is 0 Å². The van der Waals surface area contributed by atoms with Gasteiger partial charge in [-0.05, 0) is 6.42 Å². The van der Waals surface area contributed by atoms with Crippen molar-refractivity contribution in [2.45, 2.75) is 24.8 Å². The Labute approximate surface area is 69.7 Å². The second-order valence-electron chi connectivity index (χ2n) is 3.22. The molecule has 0 heterocycles.